The van der Waals surface area contributed by atoms with Gasteiger partial charge in [-0.2, -0.15) is 0 Å². The lowest BCUT2D eigenvalue weighted by Gasteiger charge is -2.29. The van der Waals surface area contributed by atoms with Gasteiger partial charge in [-0.3, -0.25) is 0 Å². The zero-order valence-electron chi connectivity index (χ0n) is 14.8. The predicted molar refractivity (Wildman–Crippen MR) is 88.1 cm³/mol. The van der Waals surface area contributed by atoms with Crippen molar-refractivity contribution in [1.29, 1.82) is 0 Å². The van der Waals surface area contributed by atoms with Crippen LogP contribution in [0.15, 0.2) is 12.1 Å². The number of methoxy groups -OCH3 is 1. The summed E-state index contributed by atoms with van der Waals surface area (Å²) < 4.78 is 4.81. The minimum atomic E-state index is -1.01. The Bertz CT molecular complexity index is 474. The Kier molecular flexibility index (Phi) is 5.66. The van der Waals surface area contributed by atoms with Crippen molar-refractivity contribution in [2.45, 2.75) is 71.2 Å². The number of aromatic hydroxyl groups is 1. The first-order chi connectivity index (χ1) is 9.87. The fourth-order valence-corrected chi connectivity index (χ4v) is 2.42. The average molecular weight is 310 g/mol. The van der Waals surface area contributed by atoms with E-state index in [2.05, 4.69) is 0 Å². The molecular weight excluding hydrogens is 280 g/mol. The molecule has 0 aromatic heterocycles. The number of hydrogen-bond donors (Lipinski definition) is 3. The molecule has 0 radical (unpaired) electrons. The van der Waals surface area contributed by atoms with Crippen LogP contribution in [0.4, 0.5) is 0 Å². The first kappa shape index (κ1) is 18.9. The smallest absolute Gasteiger partial charge is 0.156 e. The van der Waals surface area contributed by atoms with E-state index in [9.17, 15) is 15.3 Å². The van der Waals surface area contributed by atoms with E-state index in [0.29, 0.717) is 5.56 Å². The highest BCUT2D eigenvalue weighted by atomic mass is 16.6. The molecule has 1 rings (SSSR count). The Hall–Kier alpha value is -1.10. The molecule has 3 N–H and O–H groups in total. The second-order valence-corrected chi connectivity index (χ2v) is 7.91. The topological polar surface area (TPSA) is 69.9 Å². The van der Waals surface area contributed by atoms with Gasteiger partial charge in [0.25, 0.3) is 0 Å². The summed E-state index contributed by atoms with van der Waals surface area (Å²) in [7, 11) is 1.40. The largest absolute Gasteiger partial charge is 0.507 e. The number of aliphatic hydroxyl groups excluding tert-OH is 2. The van der Waals surface area contributed by atoms with Crippen LogP contribution in [-0.2, 0) is 15.6 Å². The van der Waals surface area contributed by atoms with Crippen LogP contribution in [0.1, 0.15) is 70.8 Å². The van der Waals surface area contributed by atoms with Gasteiger partial charge in [-0.15, -0.1) is 0 Å². The average Bonchev–Trinajstić information content (AvgIpc) is 2.35. The third-order valence-electron chi connectivity index (χ3n) is 3.83. The van der Waals surface area contributed by atoms with E-state index < -0.39 is 12.4 Å². The molecule has 1 aromatic carbocycles. The van der Waals surface area contributed by atoms with E-state index in [1.54, 1.807) is 0 Å². The molecule has 0 saturated heterocycles. The van der Waals surface area contributed by atoms with Gasteiger partial charge in [-0.1, -0.05) is 41.5 Å². The molecule has 0 aliphatic rings. The van der Waals surface area contributed by atoms with Crippen LogP contribution in [0.3, 0.4) is 0 Å². The molecule has 0 saturated carbocycles. The van der Waals surface area contributed by atoms with Gasteiger partial charge in [0, 0.05) is 13.5 Å². The number of hydrogen-bond acceptors (Lipinski definition) is 4. The highest BCUT2D eigenvalue weighted by Gasteiger charge is 2.28. The Morgan fingerprint density at radius 3 is 1.68 bits per heavy atom. The second kappa shape index (κ2) is 6.57. The first-order valence-electron chi connectivity index (χ1n) is 7.64. The molecule has 0 bridgehead atoms. The van der Waals surface area contributed by atoms with Gasteiger partial charge in [0.1, 0.15) is 5.75 Å². The van der Waals surface area contributed by atoms with Gasteiger partial charge < -0.3 is 20.1 Å². The van der Waals surface area contributed by atoms with Gasteiger partial charge in [0.15, 0.2) is 6.29 Å². The quantitative estimate of drug-likeness (QED) is 0.746. The molecule has 4 heteroatoms. The summed E-state index contributed by atoms with van der Waals surface area (Å²) in [5, 5.41) is 30.6. The zero-order chi connectivity index (χ0) is 17.3. The van der Waals surface area contributed by atoms with Gasteiger partial charge in [0.2, 0.25) is 0 Å². The molecule has 0 amide bonds. The molecule has 1 aromatic rings. The van der Waals surface area contributed by atoms with Crippen molar-refractivity contribution in [1.82, 2.24) is 0 Å². The van der Waals surface area contributed by atoms with Crippen LogP contribution in [0.2, 0.25) is 0 Å². The summed E-state index contributed by atoms with van der Waals surface area (Å²) in [4.78, 5) is 0. The molecule has 4 nitrogen and oxygen atoms in total. The van der Waals surface area contributed by atoms with Gasteiger partial charge in [-0.25, -0.2) is 0 Å². The van der Waals surface area contributed by atoms with Crippen molar-refractivity contribution in [2.24, 2.45) is 0 Å². The minimum Gasteiger partial charge on any atom is -0.507 e. The molecular formula is C18H30O4. The first-order valence-corrected chi connectivity index (χ1v) is 7.64. The normalized spacial score (nSPS) is 15.7. The third-order valence-corrected chi connectivity index (χ3v) is 3.83. The van der Waals surface area contributed by atoms with Gasteiger partial charge in [0.05, 0.1) is 6.10 Å². The van der Waals surface area contributed by atoms with E-state index in [0.717, 1.165) is 11.1 Å². The maximum atomic E-state index is 10.6. The maximum Gasteiger partial charge on any atom is 0.156 e. The fraction of sp³-hybridized carbons (Fsp3) is 0.667. The Morgan fingerprint density at radius 1 is 0.955 bits per heavy atom. The highest BCUT2D eigenvalue weighted by Crippen LogP contribution is 2.41. The van der Waals surface area contributed by atoms with Gasteiger partial charge >= 0.3 is 0 Å². The summed E-state index contributed by atoms with van der Waals surface area (Å²) in [6, 6.07) is 3.63. The number of aliphatic hydroxyl groups is 2. The molecule has 2 unspecified atom stereocenters. The number of phenols is 1. The van der Waals surface area contributed by atoms with E-state index in [1.807, 2.05) is 53.7 Å². The summed E-state index contributed by atoms with van der Waals surface area (Å²) >= 11 is 0. The summed E-state index contributed by atoms with van der Waals surface area (Å²) in [6.07, 6.45) is -1.77. The van der Waals surface area contributed by atoms with Crippen molar-refractivity contribution in [3.63, 3.8) is 0 Å². The van der Waals surface area contributed by atoms with Crippen LogP contribution >= 0.6 is 0 Å². The predicted octanol–water partition coefficient (Wildman–Crippen LogP) is 3.38. The standard InChI is InChI=1S/C18H30O4/c1-17(2,3)12-8-11(14(19)10-15(20)22-7)9-13(16(12)21)18(4,5)6/h8-9,14-15,19-21H,10H2,1-7H3. The third kappa shape index (κ3) is 4.45. The molecule has 126 valence electrons. The van der Waals surface area contributed by atoms with E-state index in [4.69, 9.17) is 4.74 Å². The molecule has 0 heterocycles. The lowest BCUT2D eigenvalue weighted by molar-refractivity contribution is -0.0983. The number of benzene rings is 1. The number of rotatable bonds is 4. The Labute approximate surface area is 133 Å². The van der Waals surface area contributed by atoms with Crippen LogP contribution in [0.25, 0.3) is 0 Å². The number of ether oxygens (including phenoxy) is 1. The number of phenolic OH excluding ortho intramolecular Hbond substituents is 1. The molecule has 0 aliphatic carbocycles. The van der Waals surface area contributed by atoms with Crippen molar-refractivity contribution in [2.75, 3.05) is 7.11 Å². The second-order valence-electron chi connectivity index (χ2n) is 7.91. The minimum absolute atomic E-state index is 0.0917. The van der Waals surface area contributed by atoms with Crippen LogP contribution < -0.4 is 0 Å². The van der Waals surface area contributed by atoms with E-state index >= 15 is 0 Å². The maximum absolute atomic E-state index is 10.6. The van der Waals surface area contributed by atoms with Crippen molar-refractivity contribution < 1.29 is 20.1 Å². The lowest BCUT2D eigenvalue weighted by atomic mass is 9.78. The molecule has 22 heavy (non-hydrogen) atoms. The van der Waals surface area contributed by atoms with Gasteiger partial charge in [-0.05, 0) is 39.7 Å². The van der Waals surface area contributed by atoms with E-state index in [1.165, 1.54) is 7.11 Å². The monoisotopic (exact) mass is 310 g/mol. The molecule has 0 fully saturated rings. The van der Waals surface area contributed by atoms with Crippen LogP contribution in [0, 0.1) is 0 Å². The molecule has 0 aliphatic heterocycles. The Morgan fingerprint density at radius 2 is 1.36 bits per heavy atom. The lowest BCUT2D eigenvalue weighted by Crippen LogP contribution is -2.20. The Balaban J connectivity index is 3.41. The van der Waals surface area contributed by atoms with Crippen molar-refractivity contribution in [3.05, 3.63) is 28.8 Å². The van der Waals surface area contributed by atoms with Crippen LogP contribution in [-0.4, -0.2) is 28.7 Å². The van der Waals surface area contributed by atoms with E-state index in [-0.39, 0.29) is 23.0 Å². The summed E-state index contributed by atoms with van der Waals surface area (Å²) in [5.74, 6) is 0.281. The van der Waals surface area contributed by atoms with Crippen molar-refractivity contribution in [3.8, 4) is 5.75 Å². The van der Waals surface area contributed by atoms with Crippen LogP contribution in [0.5, 0.6) is 5.75 Å². The van der Waals surface area contributed by atoms with Crippen molar-refractivity contribution >= 4 is 0 Å². The molecule has 0 spiro atoms. The highest BCUT2D eigenvalue weighted by molar-refractivity contribution is 5.50. The SMILES string of the molecule is COC(O)CC(O)c1cc(C(C)(C)C)c(O)c(C(C)(C)C)c1. The molecule has 2 atom stereocenters. The zero-order valence-corrected chi connectivity index (χ0v) is 14.8. The summed E-state index contributed by atoms with van der Waals surface area (Å²) in [6.45, 7) is 12.1. The fourth-order valence-electron chi connectivity index (χ4n) is 2.42. The summed E-state index contributed by atoms with van der Waals surface area (Å²) in [5.41, 5.74) is 1.77.